The molecule has 0 saturated heterocycles. The number of carbonyl (C=O) groups excluding carboxylic acids is 1. The van der Waals surface area contributed by atoms with Crippen molar-refractivity contribution in [3.05, 3.63) is 53.9 Å². The van der Waals surface area contributed by atoms with E-state index in [4.69, 9.17) is 0 Å². The van der Waals surface area contributed by atoms with Crippen LogP contribution in [-0.2, 0) is 6.54 Å². The van der Waals surface area contributed by atoms with Gasteiger partial charge in [-0.05, 0) is 36.6 Å². The number of benzene rings is 1. The molecule has 1 aliphatic rings. The van der Waals surface area contributed by atoms with Crippen molar-refractivity contribution in [2.75, 3.05) is 6.54 Å². The first-order valence-electron chi connectivity index (χ1n) is 7.72. The van der Waals surface area contributed by atoms with E-state index < -0.39 is 5.60 Å². The summed E-state index contributed by atoms with van der Waals surface area (Å²) in [6.07, 6.45) is 7.27. The zero-order valence-electron chi connectivity index (χ0n) is 12.5. The van der Waals surface area contributed by atoms with Gasteiger partial charge in [-0.1, -0.05) is 25.0 Å². The average molecular weight is 299 g/mol. The van der Waals surface area contributed by atoms with Crippen LogP contribution in [0, 0.1) is 0 Å². The fourth-order valence-electron chi connectivity index (χ4n) is 2.90. The van der Waals surface area contributed by atoms with Crippen molar-refractivity contribution in [3.63, 3.8) is 0 Å². The fraction of sp³-hybridized carbons (Fsp3) is 0.412. The summed E-state index contributed by atoms with van der Waals surface area (Å²) in [6.45, 7) is 1.02. The Balaban J connectivity index is 1.56. The highest BCUT2D eigenvalue weighted by atomic mass is 16.3. The van der Waals surface area contributed by atoms with Crippen molar-refractivity contribution >= 4 is 5.91 Å². The van der Waals surface area contributed by atoms with Gasteiger partial charge < -0.3 is 10.4 Å². The van der Waals surface area contributed by atoms with E-state index in [0.29, 0.717) is 18.7 Å². The first-order chi connectivity index (χ1) is 10.6. The van der Waals surface area contributed by atoms with Gasteiger partial charge in [0.1, 0.15) is 0 Å². The molecule has 1 aromatic carbocycles. The first kappa shape index (κ1) is 14.8. The fourth-order valence-corrected chi connectivity index (χ4v) is 2.90. The molecular weight excluding hydrogens is 278 g/mol. The highest BCUT2D eigenvalue weighted by Crippen LogP contribution is 2.28. The molecule has 0 aliphatic heterocycles. The quantitative estimate of drug-likeness (QED) is 0.887. The molecule has 1 aliphatic carbocycles. The van der Waals surface area contributed by atoms with Gasteiger partial charge in [-0.2, -0.15) is 5.10 Å². The molecule has 116 valence electrons. The molecule has 0 bridgehead atoms. The molecule has 0 atom stereocenters. The lowest BCUT2D eigenvalue weighted by atomic mass is 10.0. The summed E-state index contributed by atoms with van der Waals surface area (Å²) in [5.74, 6) is -0.133. The Labute approximate surface area is 130 Å². The molecule has 1 amide bonds. The molecule has 22 heavy (non-hydrogen) atoms. The number of aliphatic hydroxyl groups is 1. The van der Waals surface area contributed by atoms with Crippen LogP contribution in [0.4, 0.5) is 0 Å². The molecule has 0 radical (unpaired) electrons. The highest BCUT2D eigenvalue weighted by Gasteiger charge is 2.31. The standard InChI is InChI=1S/C17H21N3O2/c21-16(18-13-17(22)8-1-2-9-17)15-6-4-14(5-7-15)12-20-11-3-10-19-20/h3-7,10-11,22H,1-2,8-9,12-13H2,(H,18,21). The molecule has 5 heteroatoms. The minimum atomic E-state index is -0.713. The van der Waals surface area contributed by atoms with Gasteiger partial charge >= 0.3 is 0 Å². The topological polar surface area (TPSA) is 67.2 Å². The molecule has 2 aromatic rings. The molecule has 3 rings (SSSR count). The van der Waals surface area contributed by atoms with Crippen LogP contribution in [0.3, 0.4) is 0 Å². The van der Waals surface area contributed by atoms with Crippen molar-refractivity contribution in [1.29, 1.82) is 0 Å². The summed E-state index contributed by atoms with van der Waals surface area (Å²) in [4.78, 5) is 12.1. The number of hydrogen-bond donors (Lipinski definition) is 2. The number of aromatic nitrogens is 2. The second kappa shape index (κ2) is 6.32. The number of amides is 1. The number of nitrogens with one attached hydrogen (secondary N) is 1. The summed E-state index contributed by atoms with van der Waals surface area (Å²) in [6, 6.07) is 9.37. The van der Waals surface area contributed by atoms with E-state index in [1.807, 2.05) is 41.2 Å². The van der Waals surface area contributed by atoms with E-state index in [1.165, 1.54) is 0 Å². The predicted octanol–water partition coefficient (Wildman–Crippen LogP) is 1.97. The molecule has 1 heterocycles. The molecule has 5 nitrogen and oxygen atoms in total. The van der Waals surface area contributed by atoms with E-state index in [1.54, 1.807) is 6.20 Å². The summed E-state index contributed by atoms with van der Waals surface area (Å²) >= 11 is 0. The number of nitrogens with zero attached hydrogens (tertiary/aromatic N) is 2. The second-order valence-electron chi connectivity index (χ2n) is 6.01. The monoisotopic (exact) mass is 299 g/mol. The molecule has 0 unspecified atom stereocenters. The van der Waals surface area contributed by atoms with Gasteiger partial charge in [-0.3, -0.25) is 9.48 Å². The average Bonchev–Trinajstić information content (AvgIpc) is 3.18. The Morgan fingerprint density at radius 1 is 1.27 bits per heavy atom. The van der Waals surface area contributed by atoms with Crippen LogP contribution in [0.1, 0.15) is 41.6 Å². The minimum Gasteiger partial charge on any atom is -0.388 e. The van der Waals surface area contributed by atoms with Crippen LogP contribution >= 0.6 is 0 Å². The third-order valence-corrected chi connectivity index (χ3v) is 4.23. The number of hydrogen-bond acceptors (Lipinski definition) is 3. The lowest BCUT2D eigenvalue weighted by Crippen LogP contribution is -2.40. The van der Waals surface area contributed by atoms with E-state index in [9.17, 15) is 9.90 Å². The smallest absolute Gasteiger partial charge is 0.251 e. The van der Waals surface area contributed by atoms with Gasteiger partial charge in [0.05, 0.1) is 12.1 Å². The number of rotatable bonds is 5. The van der Waals surface area contributed by atoms with Crippen molar-refractivity contribution in [2.45, 2.75) is 37.8 Å². The molecule has 1 fully saturated rings. The molecule has 2 N–H and O–H groups in total. The van der Waals surface area contributed by atoms with Gasteiger partial charge in [-0.25, -0.2) is 0 Å². The predicted molar refractivity (Wildman–Crippen MR) is 83.5 cm³/mol. The van der Waals surface area contributed by atoms with Gasteiger partial charge in [0.15, 0.2) is 0 Å². The van der Waals surface area contributed by atoms with Crippen molar-refractivity contribution < 1.29 is 9.90 Å². The van der Waals surface area contributed by atoms with Crippen LogP contribution in [0.25, 0.3) is 0 Å². The third-order valence-electron chi connectivity index (χ3n) is 4.23. The van der Waals surface area contributed by atoms with Gasteiger partial charge in [0.2, 0.25) is 0 Å². The van der Waals surface area contributed by atoms with E-state index >= 15 is 0 Å². The Bertz CT molecular complexity index is 614. The maximum Gasteiger partial charge on any atom is 0.251 e. The lowest BCUT2D eigenvalue weighted by molar-refractivity contribution is 0.0449. The summed E-state index contributed by atoms with van der Waals surface area (Å²) in [5, 5.41) is 17.3. The SMILES string of the molecule is O=C(NCC1(O)CCCC1)c1ccc(Cn2cccn2)cc1. The summed E-state index contributed by atoms with van der Waals surface area (Å²) < 4.78 is 1.84. The van der Waals surface area contributed by atoms with E-state index in [0.717, 1.165) is 31.2 Å². The minimum absolute atomic E-state index is 0.133. The third kappa shape index (κ3) is 3.54. The normalized spacial score (nSPS) is 16.6. The maximum absolute atomic E-state index is 12.1. The second-order valence-corrected chi connectivity index (χ2v) is 6.01. The van der Waals surface area contributed by atoms with Crippen LogP contribution in [0.5, 0.6) is 0 Å². The largest absolute Gasteiger partial charge is 0.388 e. The summed E-state index contributed by atoms with van der Waals surface area (Å²) in [7, 11) is 0. The number of carbonyl (C=O) groups is 1. The first-order valence-corrected chi connectivity index (χ1v) is 7.72. The molecular formula is C17H21N3O2. The van der Waals surface area contributed by atoms with Crippen molar-refractivity contribution in [2.24, 2.45) is 0 Å². The van der Waals surface area contributed by atoms with Crippen molar-refractivity contribution in [3.8, 4) is 0 Å². The lowest BCUT2D eigenvalue weighted by Gasteiger charge is -2.22. The van der Waals surface area contributed by atoms with E-state index in [2.05, 4.69) is 10.4 Å². The zero-order chi connectivity index (χ0) is 15.4. The van der Waals surface area contributed by atoms with Crippen LogP contribution in [-0.4, -0.2) is 32.9 Å². The molecule has 1 saturated carbocycles. The van der Waals surface area contributed by atoms with Gasteiger partial charge in [-0.15, -0.1) is 0 Å². The summed E-state index contributed by atoms with van der Waals surface area (Å²) in [5.41, 5.74) is 0.996. The Kier molecular flexibility index (Phi) is 4.24. The zero-order valence-corrected chi connectivity index (χ0v) is 12.5. The van der Waals surface area contributed by atoms with Gasteiger partial charge in [0.25, 0.3) is 5.91 Å². The van der Waals surface area contributed by atoms with Gasteiger partial charge in [0, 0.05) is 24.5 Å². The van der Waals surface area contributed by atoms with Crippen LogP contribution < -0.4 is 5.32 Å². The molecule has 1 aromatic heterocycles. The Morgan fingerprint density at radius 3 is 2.64 bits per heavy atom. The van der Waals surface area contributed by atoms with Crippen LogP contribution in [0.15, 0.2) is 42.7 Å². The maximum atomic E-state index is 12.1. The Morgan fingerprint density at radius 2 is 2.00 bits per heavy atom. The highest BCUT2D eigenvalue weighted by molar-refractivity contribution is 5.94. The van der Waals surface area contributed by atoms with E-state index in [-0.39, 0.29) is 5.91 Å². The van der Waals surface area contributed by atoms with Crippen LogP contribution in [0.2, 0.25) is 0 Å². The van der Waals surface area contributed by atoms with Crippen molar-refractivity contribution in [1.82, 2.24) is 15.1 Å². The Hall–Kier alpha value is -2.14. The molecule has 0 spiro atoms.